The van der Waals surface area contributed by atoms with E-state index in [0.29, 0.717) is 11.5 Å². The highest BCUT2D eigenvalue weighted by Crippen LogP contribution is 2.37. The second-order valence-electron chi connectivity index (χ2n) is 5.89. The van der Waals surface area contributed by atoms with Crippen molar-refractivity contribution in [3.8, 4) is 0 Å². The molecular weight excluding hydrogens is 244 g/mol. The van der Waals surface area contributed by atoms with Crippen molar-refractivity contribution in [2.45, 2.75) is 44.6 Å². The maximum Gasteiger partial charge on any atom is 0.0987 e. The van der Waals surface area contributed by atoms with Gasteiger partial charge in [-0.05, 0) is 39.3 Å². The van der Waals surface area contributed by atoms with Crippen LogP contribution in [0.3, 0.4) is 0 Å². The molecule has 0 saturated carbocycles. The summed E-state index contributed by atoms with van der Waals surface area (Å²) in [5, 5.41) is 1.34. The second kappa shape index (κ2) is 4.91. The molecule has 0 N–H and O–H groups in total. The van der Waals surface area contributed by atoms with Gasteiger partial charge in [0.15, 0.2) is 0 Å². The molecule has 0 amide bonds. The Morgan fingerprint density at radius 1 is 1.44 bits per heavy atom. The number of aromatic nitrogens is 1. The summed E-state index contributed by atoms with van der Waals surface area (Å²) in [5.41, 5.74) is 0.300. The van der Waals surface area contributed by atoms with Crippen LogP contribution in [0, 0.1) is 6.92 Å². The van der Waals surface area contributed by atoms with Crippen LogP contribution in [-0.4, -0.2) is 42.2 Å². The first-order valence-electron chi connectivity index (χ1n) is 6.92. The quantitative estimate of drug-likeness (QED) is 0.823. The average Bonchev–Trinajstić information content (AvgIpc) is 3.01. The SMILES string of the molecule is Cc1cnc(C2(C)CCN([C@H]3CCOC3)CC2)s1. The zero-order chi connectivity index (χ0) is 12.6. The fourth-order valence-electron chi connectivity index (χ4n) is 3.04. The molecule has 3 heterocycles. The van der Waals surface area contributed by atoms with Crippen molar-refractivity contribution in [1.29, 1.82) is 0 Å². The van der Waals surface area contributed by atoms with Gasteiger partial charge in [0.25, 0.3) is 0 Å². The van der Waals surface area contributed by atoms with Gasteiger partial charge in [-0.1, -0.05) is 6.92 Å². The molecular formula is C14H22N2OS. The van der Waals surface area contributed by atoms with Gasteiger partial charge in [-0.2, -0.15) is 0 Å². The molecule has 1 aromatic heterocycles. The molecule has 0 radical (unpaired) electrons. The molecule has 1 atom stereocenters. The minimum absolute atomic E-state index is 0.300. The van der Waals surface area contributed by atoms with Crippen LogP contribution in [0.2, 0.25) is 0 Å². The Labute approximate surface area is 113 Å². The van der Waals surface area contributed by atoms with Crippen molar-refractivity contribution in [2.24, 2.45) is 0 Å². The third kappa shape index (κ3) is 2.33. The molecule has 2 fully saturated rings. The normalized spacial score (nSPS) is 28.7. The first kappa shape index (κ1) is 12.6. The van der Waals surface area contributed by atoms with E-state index in [1.54, 1.807) is 0 Å². The molecule has 2 aliphatic heterocycles. The fraction of sp³-hybridized carbons (Fsp3) is 0.786. The van der Waals surface area contributed by atoms with Gasteiger partial charge in [-0.15, -0.1) is 11.3 Å². The molecule has 18 heavy (non-hydrogen) atoms. The van der Waals surface area contributed by atoms with Gasteiger partial charge < -0.3 is 4.74 Å². The Morgan fingerprint density at radius 2 is 2.22 bits per heavy atom. The van der Waals surface area contributed by atoms with Crippen LogP contribution in [0.15, 0.2) is 6.20 Å². The number of hydrogen-bond donors (Lipinski definition) is 0. The summed E-state index contributed by atoms with van der Waals surface area (Å²) in [6.07, 6.45) is 5.70. The van der Waals surface area contributed by atoms with Crippen LogP contribution in [0.1, 0.15) is 36.1 Å². The van der Waals surface area contributed by atoms with Gasteiger partial charge >= 0.3 is 0 Å². The van der Waals surface area contributed by atoms with Crippen molar-refractivity contribution in [3.63, 3.8) is 0 Å². The summed E-state index contributed by atoms with van der Waals surface area (Å²) in [4.78, 5) is 8.56. The van der Waals surface area contributed by atoms with Gasteiger partial charge in [-0.3, -0.25) is 4.90 Å². The highest BCUT2D eigenvalue weighted by molar-refractivity contribution is 7.11. The fourth-order valence-corrected chi connectivity index (χ4v) is 4.01. The van der Waals surface area contributed by atoms with Crippen LogP contribution in [0.4, 0.5) is 0 Å². The Balaban J connectivity index is 1.65. The molecule has 2 saturated heterocycles. The molecule has 1 aromatic rings. The number of thiazole rings is 1. The van der Waals surface area contributed by atoms with Crippen LogP contribution in [0.5, 0.6) is 0 Å². The number of aryl methyl sites for hydroxylation is 1. The predicted octanol–water partition coefficient (Wildman–Crippen LogP) is 2.59. The van der Waals surface area contributed by atoms with Crippen LogP contribution in [-0.2, 0) is 10.2 Å². The molecule has 3 rings (SSSR count). The molecule has 3 nitrogen and oxygen atoms in total. The lowest BCUT2D eigenvalue weighted by Crippen LogP contribution is -2.46. The van der Waals surface area contributed by atoms with Crippen LogP contribution in [0.25, 0.3) is 0 Å². The van der Waals surface area contributed by atoms with E-state index in [1.807, 2.05) is 17.5 Å². The van der Waals surface area contributed by atoms with Crippen molar-refractivity contribution in [3.05, 3.63) is 16.1 Å². The first-order valence-corrected chi connectivity index (χ1v) is 7.74. The van der Waals surface area contributed by atoms with Gasteiger partial charge in [0, 0.05) is 29.1 Å². The molecule has 2 aliphatic rings. The molecule has 4 heteroatoms. The Morgan fingerprint density at radius 3 is 2.78 bits per heavy atom. The molecule has 100 valence electrons. The highest BCUT2D eigenvalue weighted by Gasteiger charge is 2.36. The standard InChI is InChI=1S/C14H22N2OS/c1-11-9-15-13(18-11)14(2)4-6-16(7-5-14)12-3-8-17-10-12/h9,12H,3-8,10H2,1-2H3/t12-/m0/s1. The maximum absolute atomic E-state index is 5.50. The molecule has 0 bridgehead atoms. The highest BCUT2D eigenvalue weighted by atomic mass is 32.1. The predicted molar refractivity (Wildman–Crippen MR) is 74.2 cm³/mol. The summed E-state index contributed by atoms with van der Waals surface area (Å²) in [6, 6.07) is 0.674. The smallest absolute Gasteiger partial charge is 0.0987 e. The van der Waals surface area contributed by atoms with Crippen LogP contribution >= 0.6 is 11.3 Å². The maximum atomic E-state index is 5.50. The lowest BCUT2D eigenvalue weighted by Gasteiger charge is -2.40. The monoisotopic (exact) mass is 266 g/mol. The number of rotatable bonds is 2. The number of hydrogen-bond acceptors (Lipinski definition) is 4. The van der Waals surface area contributed by atoms with E-state index in [2.05, 4.69) is 23.7 Å². The summed E-state index contributed by atoms with van der Waals surface area (Å²) in [6.45, 7) is 8.81. The molecule has 0 aromatic carbocycles. The van der Waals surface area contributed by atoms with Crippen molar-refractivity contribution < 1.29 is 4.74 Å². The zero-order valence-corrected chi connectivity index (χ0v) is 12.1. The third-order valence-corrected chi connectivity index (χ3v) is 5.68. The van der Waals surface area contributed by atoms with E-state index in [-0.39, 0.29) is 0 Å². The lowest BCUT2D eigenvalue weighted by molar-refractivity contribution is 0.102. The van der Waals surface area contributed by atoms with E-state index < -0.39 is 0 Å². The number of nitrogens with zero attached hydrogens (tertiary/aromatic N) is 2. The van der Waals surface area contributed by atoms with Crippen molar-refractivity contribution in [2.75, 3.05) is 26.3 Å². The van der Waals surface area contributed by atoms with E-state index in [4.69, 9.17) is 4.74 Å². The largest absolute Gasteiger partial charge is 0.380 e. The third-order valence-electron chi connectivity index (χ3n) is 4.46. The molecule has 0 unspecified atom stereocenters. The Kier molecular flexibility index (Phi) is 3.43. The summed E-state index contributed by atoms with van der Waals surface area (Å²) in [7, 11) is 0. The minimum atomic E-state index is 0.300. The molecule has 0 aliphatic carbocycles. The number of likely N-dealkylation sites (tertiary alicyclic amines) is 1. The lowest BCUT2D eigenvalue weighted by atomic mass is 9.80. The van der Waals surface area contributed by atoms with Gasteiger partial charge in [-0.25, -0.2) is 4.98 Å². The summed E-state index contributed by atoms with van der Waals surface area (Å²) < 4.78 is 5.50. The van der Waals surface area contributed by atoms with E-state index >= 15 is 0 Å². The van der Waals surface area contributed by atoms with Gasteiger partial charge in [0.1, 0.15) is 0 Å². The number of piperidine rings is 1. The topological polar surface area (TPSA) is 25.4 Å². The van der Waals surface area contributed by atoms with E-state index in [9.17, 15) is 0 Å². The van der Waals surface area contributed by atoms with Crippen molar-refractivity contribution >= 4 is 11.3 Å². The van der Waals surface area contributed by atoms with E-state index in [1.165, 1.54) is 42.2 Å². The summed E-state index contributed by atoms with van der Waals surface area (Å²) >= 11 is 1.87. The van der Waals surface area contributed by atoms with E-state index in [0.717, 1.165) is 13.2 Å². The molecule has 0 spiro atoms. The Bertz CT molecular complexity index is 404. The number of ether oxygens (including phenoxy) is 1. The van der Waals surface area contributed by atoms with Gasteiger partial charge in [0.2, 0.25) is 0 Å². The first-order chi connectivity index (χ1) is 8.67. The second-order valence-corrected chi connectivity index (χ2v) is 7.12. The van der Waals surface area contributed by atoms with Crippen molar-refractivity contribution in [1.82, 2.24) is 9.88 Å². The minimum Gasteiger partial charge on any atom is -0.380 e. The average molecular weight is 266 g/mol. The Hall–Kier alpha value is -0.450. The van der Waals surface area contributed by atoms with Crippen LogP contribution < -0.4 is 0 Å². The van der Waals surface area contributed by atoms with Gasteiger partial charge in [0.05, 0.1) is 11.6 Å². The summed E-state index contributed by atoms with van der Waals surface area (Å²) in [5.74, 6) is 0. The zero-order valence-electron chi connectivity index (χ0n) is 11.3.